The Bertz CT molecular complexity index is 542. The van der Waals surface area contributed by atoms with Crippen molar-refractivity contribution in [3.8, 4) is 0 Å². The van der Waals surface area contributed by atoms with Crippen molar-refractivity contribution in [1.82, 2.24) is 15.4 Å². The summed E-state index contributed by atoms with van der Waals surface area (Å²) in [4.78, 5) is 12.0. The van der Waals surface area contributed by atoms with E-state index in [4.69, 9.17) is 0 Å². The van der Waals surface area contributed by atoms with Crippen LogP contribution in [0.1, 0.15) is 19.8 Å². The first kappa shape index (κ1) is 18.4. The van der Waals surface area contributed by atoms with Gasteiger partial charge in [-0.3, -0.25) is 4.79 Å². The van der Waals surface area contributed by atoms with Crippen LogP contribution in [0.15, 0.2) is 21.7 Å². The highest BCUT2D eigenvalue weighted by Gasteiger charge is 2.24. The van der Waals surface area contributed by atoms with Crippen molar-refractivity contribution in [3.63, 3.8) is 0 Å². The molecule has 0 spiro atoms. The Morgan fingerprint density at radius 1 is 1.43 bits per heavy atom. The lowest BCUT2D eigenvalue weighted by Gasteiger charge is -2.25. The van der Waals surface area contributed by atoms with Crippen molar-refractivity contribution in [3.05, 3.63) is 17.5 Å². The van der Waals surface area contributed by atoms with Crippen molar-refractivity contribution in [1.29, 1.82) is 0 Å². The summed E-state index contributed by atoms with van der Waals surface area (Å²) in [5.41, 5.74) is 0. The van der Waals surface area contributed by atoms with Gasteiger partial charge in [-0.05, 0) is 44.3 Å². The summed E-state index contributed by atoms with van der Waals surface area (Å²) in [5, 5.41) is 7.79. The molecule has 1 saturated heterocycles. The minimum Gasteiger partial charge on any atom is -0.352 e. The second kappa shape index (κ2) is 8.09. The molecule has 1 unspecified atom stereocenters. The molecule has 0 aromatic carbocycles. The molecule has 1 fully saturated rings. The van der Waals surface area contributed by atoms with Gasteiger partial charge in [0.15, 0.2) is 0 Å². The fourth-order valence-electron chi connectivity index (χ4n) is 2.05. The van der Waals surface area contributed by atoms with Crippen LogP contribution < -0.4 is 15.4 Å². The molecule has 0 saturated carbocycles. The van der Waals surface area contributed by atoms with Crippen LogP contribution in [-0.4, -0.2) is 39.5 Å². The number of amides is 1. The molecular formula is C12H20ClN3O3S2. The number of thiophene rings is 1. The number of halogens is 1. The molecule has 1 aromatic rings. The zero-order chi connectivity index (χ0) is 14.6. The van der Waals surface area contributed by atoms with E-state index in [1.807, 2.05) is 0 Å². The Morgan fingerprint density at radius 3 is 2.67 bits per heavy atom. The lowest BCUT2D eigenvalue weighted by Crippen LogP contribution is -2.50. The predicted molar refractivity (Wildman–Crippen MR) is 85.4 cm³/mol. The van der Waals surface area contributed by atoms with Crippen LogP contribution in [0, 0.1) is 0 Å². The van der Waals surface area contributed by atoms with Gasteiger partial charge in [-0.2, -0.15) is 4.72 Å². The zero-order valence-corrected chi connectivity index (χ0v) is 14.1. The van der Waals surface area contributed by atoms with Crippen LogP contribution >= 0.6 is 23.7 Å². The maximum Gasteiger partial charge on any atom is 0.250 e. The topological polar surface area (TPSA) is 87.3 Å². The van der Waals surface area contributed by atoms with E-state index in [9.17, 15) is 13.2 Å². The van der Waals surface area contributed by atoms with Gasteiger partial charge in [0.05, 0.1) is 6.04 Å². The number of sulfonamides is 1. The normalized spacial score (nSPS) is 17.8. The smallest absolute Gasteiger partial charge is 0.250 e. The van der Waals surface area contributed by atoms with Crippen molar-refractivity contribution in [2.24, 2.45) is 0 Å². The second-order valence-corrected chi connectivity index (χ2v) is 7.70. The third kappa shape index (κ3) is 5.23. The average molecular weight is 354 g/mol. The van der Waals surface area contributed by atoms with Gasteiger partial charge in [-0.1, -0.05) is 6.07 Å². The SMILES string of the molecule is CC(NS(=O)(=O)c1cccs1)C(=O)NC1CCNCC1.Cl. The Morgan fingerprint density at radius 2 is 2.10 bits per heavy atom. The maximum atomic E-state index is 12.0. The van der Waals surface area contributed by atoms with Gasteiger partial charge in [-0.15, -0.1) is 23.7 Å². The molecule has 1 atom stereocenters. The zero-order valence-electron chi connectivity index (χ0n) is 11.7. The number of rotatable bonds is 5. The van der Waals surface area contributed by atoms with E-state index >= 15 is 0 Å². The maximum absolute atomic E-state index is 12.0. The van der Waals surface area contributed by atoms with E-state index in [0.717, 1.165) is 37.3 Å². The summed E-state index contributed by atoms with van der Waals surface area (Å²) in [6.07, 6.45) is 1.74. The molecule has 120 valence electrons. The molecular weight excluding hydrogens is 334 g/mol. The molecule has 0 radical (unpaired) electrons. The van der Waals surface area contributed by atoms with Crippen LogP contribution in [0.4, 0.5) is 0 Å². The van der Waals surface area contributed by atoms with E-state index in [2.05, 4.69) is 15.4 Å². The fourth-order valence-corrected chi connectivity index (χ4v) is 4.27. The summed E-state index contributed by atoms with van der Waals surface area (Å²) in [7, 11) is -3.61. The molecule has 0 bridgehead atoms. The first-order valence-corrected chi connectivity index (χ1v) is 8.92. The van der Waals surface area contributed by atoms with Crippen LogP contribution in [-0.2, 0) is 14.8 Å². The number of piperidine rings is 1. The number of carbonyl (C=O) groups is 1. The molecule has 0 aliphatic carbocycles. The lowest BCUT2D eigenvalue weighted by atomic mass is 10.1. The molecule has 3 N–H and O–H groups in total. The van der Waals surface area contributed by atoms with Crippen LogP contribution in [0.5, 0.6) is 0 Å². The Hall–Kier alpha value is -0.670. The quantitative estimate of drug-likeness (QED) is 0.727. The highest BCUT2D eigenvalue weighted by Crippen LogP contribution is 2.15. The van der Waals surface area contributed by atoms with E-state index in [1.54, 1.807) is 18.4 Å². The van der Waals surface area contributed by atoms with Gasteiger partial charge in [0.2, 0.25) is 5.91 Å². The van der Waals surface area contributed by atoms with Gasteiger partial charge in [0.25, 0.3) is 10.0 Å². The minimum absolute atomic E-state index is 0. The summed E-state index contributed by atoms with van der Waals surface area (Å²) in [6, 6.07) is 2.53. The van der Waals surface area contributed by atoms with E-state index in [-0.39, 0.29) is 28.6 Å². The predicted octanol–water partition coefficient (Wildman–Crippen LogP) is 0.705. The summed E-state index contributed by atoms with van der Waals surface area (Å²) >= 11 is 1.13. The molecule has 2 rings (SSSR count). The van der Waals surface area contributed by atoms with E-state index < -0.39 is 16.1 Å². The van der Waals surface area contributed by atoms with Crippen molar-refractivity contribution < 1.29 is 13.2 Å². The summed E-state index contributed by atoms with van der Waals surface area (Å²) in [5.74, 6) is -0.281. The average Bonchev–Trinajstić information content (AvgIpc) is 2.94. The highest BCUT2D eigenvalue weighted by atomic mass is 35.5. The van der Waals surface area contributed by atoms with Gasteiger partial charge in [0, 0.05) is 6.04 Å². The molecule has 1 aromatic heterocycles. The molecule has 1 aliphatic rings. The summed E-state index contributed by atoms with van der Waals surface area (Å²) < 4.78 is 26.6. The fraction of sp³-hybridized carbons (Fsp3) is 0.583. The monoisotopic (exact) mass is 353 g/mol. The standard InChI is InChI=1S/C12H19N3O3S2.ClH/c1-9(12(16)14-10-4-6-13-7-5-10)15-20(17,18)11-3-2-8-19-11;/h2-3,8-10,13,15H,4-7H2,1H3,(H,14,16);1H. The number of hydrogen-bond acceptors (Lipinski definition) is 5. The largest absolute Gasteiger partial charge is 0.352 e. The van der Waals surface area contributed by atoms with Gasteiger partial charge in [0.1, 0.15) is 4.21 Å². The first-order chi connectivity index (χ1) is 9.49. The molecule has 9 heteroatoms. The molecule has 2 heterocycles. The van der Waals surface area contributed by atoms with E-state index in [1.165, 1.54) is 6.07 Å². The third-order valence-corrected chi connectivity index (χ3v) is 6.11. The number of nitrogens with one attached hydrogen (secondary N) is 3. The Balaban J connectivity index is 0.00000220. The molecule has 21 heavy (non-hydrogen) atoms. The molecule has 6 nitrogen and oxygen atoms in total. The molecule has 1 amide bonds. The lowest BCUT2D eigenvalue weighted by molar-refractivity contribution is -0.123. The Kier molecular flexibility index (Phi) is 7.08. The summed E-state index contributed by atoms with van der Waals surface area (Å²) in [6.45, 7) is 3.31. The van der Waals surface area contributed by atoms with Gasteiger partial charge < -0.3 is 10.6 Å². The number of carbonyl (C=O) groups excluding carboxylic acids is 1. The Labute approximate surface area is 135 Å². The number of hydrogen-bond donors (Lipinski definition) is 3. The van der Waals surface area contributed by atoms with Crippen LogP contribution in [0.2, 0.25) is 0 Å². The van der Waals surface area contributed by atoms with Crippen LogP contribution in [0.3, 0.4) is 0 Å². The third-order valence-electron chi connectivity index (χ3n) is 3.17. The van der Waals surface area contributed by atoms with Gasteiger partial charge >= 0.3 is 0 Å². The second-order valence-electron chi connectivity index (χ2n) is 4.81. The first-order valence-electron chi connectivity index (χ1n) is 6.56. The van der Waals surface area contributed by atoms with E-state index in [0.29, 0.717) is 0 Å². The van der Waals surface area contributed by atoms with Crippen molar-refractivity contribution in [2.45, 2.75) is 36.1 Å². The molecule has 1 aliphatic heterocycles. The van der Waals surface area contributed by atoms with Crippen LogP contribution in [0.25, 0.3) is 0 Å². The van der Waals surface area contributed by atoms with Gasteiger partial charge in [-0.25, -0.2) is 8.42 Å². The highest BCUT2D eigenvalue weighted by molar-refractivity contribution is 7.91. The van der Waals surface area contributed by atoms with Crippen molar-refractivity contribution in [2.75, 3.05) is 13.1 Å². The van der Waals surface area contributed by atoms with Crippen molar-refractivity contribution >= 4 is 39.7 Å². The minimum atomic E-state index is -3.61.